The summed E-state index contributed by atoms with van der Waals surface area (Å²) in [5.41, 5.74) is 7.00. The summed E-state index contributed by atoms with van der Waals surface area (Å²) in [4.78, 5) is 34.5. The number of rotatable bonds is 8. The molecule has 2 amide bonds. The second-order valence-corrected chi connectivity index (χ2v) is 5.43. The predicted molar refractivity (Wildman–Crippen MR) is 93.4 cm³/mol. The number of ether oxygens (including phenoxy) is 1. The van der Waals surface area contributed by atoms with Gasteiger partial charge in [0.15, 0.2) is 12.4 Å². The third-order valence-electron chi connectivity index (χ3n) is 3.57. The van der Waals surface area contributed by atoms with Gasteiger partial charge in [0.2, 0.25) is 5.91 Å². The van der Waals surface area contributed by atoms with E-state index in [1.54, 1.807) is 55.5 Å². The Labute approximate surface area is 146 Å². The predicted octanol–water partition coefficient (Wildman–Crippen LogP) is 2.07. The molecule has 2 aromatic rings. The monoisotopic (exact) mass is 340 g/mol. The summed E-state index contributed by atoms with van der Waals surface area (Å²) in [5.74, 6) is -0.235. The first kappa shape index (κ1) is 18.2. The molecule has 0 spiro atoms. The van der Waals surface area contributed by atoms with Crippen LogP contribution in [0.1, 0.15) is 39.6 Å². The first-order chi connectivity index (χ1) is 12.0. The minimum atomic E-state index is -0.512. The average Bonchev–Trinajstić information content (AvgIpc) is 2.64. The van der Waals surface area contributed by atoms with E-state index in [-0.39, 0.29) is 24.8 Å². The van der Waals surface area contributed by atoms with E-state index in [0.29, 0.717) is 23.3 Å². The van der Waals surface area contributed by atoms with Crippen molar-refractivity contribution in [3.05, 3.63) is 65.2 Å². The van der Waals surface area contributed by atoms with Crippen molar-refractivity contribution in [3.8, 4) is 5.75 Å². The number of nitrogens with two attached hydrogens (primary N) is 1. The van der Waals surface area contributed by atoms with Gasteiger partial charge in [-0.15, -0.1) is 0 Å². The smallest absolute Gasteiger partial charge is 0.258 e. The van der Waals surface area contributed by atoms with Gasteiger partial charge < -0.3 is 15.8 Å². The minimum absolute atomic E-state index is 0.0579. The largest absolute Gasteiger partial charge is 0.484 e. The number of carbonyl (C=O) groups is 3. The molecular formula is C19H20N2O4. The molecule has 130 valence electrons. The van der Waals surface area contributed by atoms with E-state index in [0.717, 1.165) is 5.56 Å². The van der Waals surface area contributed by atoms with Crippen molar-refractivity contribution in [2.45, 2.75) is 19.9 Å². The fourth-order valence-electron chi connectivity index (χ4n) is 2.18. The number of Topliss-reactive ketones (excluding diaryl/α,β-unsaturated/α-hetero) is 1. The SMILES string of the molecule is CCC(=O)c1ccc(OCC(=O)NCc2cccc(C(N)=O)c2)cc1. The maximum atomic E-state index is 11.8. The number of carbonyl (C=O) groups excluding carboxylic acids is 3. The molecule has 6 heteroatoms. The van der Waals surface area contributed by atoms with Crippen LogP contribution in [-0.4, -0.2) is 24.2 Å². The maximum absolute atomic E-state index is 11.8. The summed E-state index contributed by atoms with van der Waals surface area (Å²) < 4.78 is 5.39. The van der Waals surface area contributed by atoms with Gasteiger partial charge in [0, 0.05) is 24.1 Å². The van der Waals surface area contributed by atoms with Crippen LogP contribution in [0.3, 0.4) is 0 Å². The molecule has 0 heterocycles. The first-order valence-corrected chi connectivity index (χ1v) is 7.91. The highest BCUT2D eigenvalue weighted by Gasteiger charge is 2.06. The second kappa shape index (κ2) is 8.63. The number of primary amides is 1. The Morgan fingerprint density at radius 1 is 1.04 bits per heavy atom. The van der Waals surface area contributed by atoms with Crippen LogP contribution in [0.25, 0.3) is 0 Å². The highest BCUT2D eigenvalue weighted by molar-refractivity contribution is 5.96. The summed E-state index contributed by atoms with van der Waals surface area (Å²) >= 11 is 0. The van der Waals surface area contributed by atoms with E-state index in [1.165, 1.54) is 0 Å². The molecule has 0 radical (unpaired) electrons. The normalized spacial score (nSPS) is 10.1. The van der Waals surface area contributed by atoms with Gasteiger partial charge in [0.05, 0.1) is 0 Å². The topological polar surface area (TPSA) is 98.5 Å². The lowest BCUT2D eigenvalue weighted by atomic mass is 10.1. The number of nitrogens with one attached hydrogen (secondary N) is 1. The number of hydrogen-bond acceptors (Lipinski definition) is 4. The summed E-state index contributed by atoms with van der Waals surface area (Å²) in [6.45, 7) is 1.93. The van der Waals surface area contributed by atoms with E-state index in [4.69, 9.17) is 10.5 Å². The van der Waals surface area contributed by atoms with E-state index in [2.05, 4.69) is 5.32 Å². The van der Waals surface area contributed by atoms with Crippen LogP contribution in [0, 0.1) is 0 Å². The molecule has 0 aromatic heterocycles. The van der Waals surface area contributed by atoms with Crippen molar-refractivity contribution < 1.29 is 19.1 Å². The Hall–Kier alpha value is -3.15. The molecule has 0 saturated heterocycles. The lowest BCUT2D eigenvalue weighted by molar-refractivity contribution is -0.123. The average molecular weight is 340 g/mol. The number of ketones is 1. The van der Waals surface area contributed by atoms with Crippen molar-refractivity contribution in [3.63, 3.8) is 0 Å². The fourth-order valence-corrected chi connectivity index (χ4v) is 2.18. The van der Waals surface area contributed by atoms with Gasteiger partial charge >= 0.3 is 0 Å². The van der Waals surface area contributed by atoms with E-state index >= 15 is 0 Å². The molecule has 0 fully saturated rings. The van der Waals surface area contributed by atoms with Gasteiger partial charge in [-0.05, 0) is 42.0 Å². The summed E-state index contributed by atoms with van der Waals surface area (Å²) in [7, 11) is 0. The van der Waals surface area contributed by atoms with Crippen LogP contribution in [-0.2, 0) is 11.3 Å². The van der Waals surface area contributed by atoms with Crippen LogP contribution in [0.5, 0.6) is 5.75 Å². The van der Waals surface area contributed by atoms with Crippen LogP contribution in [0.4, 0.5) is 0 Å². The maximum Gasteiger partial charge on any atom is 0.258 e. The molecule has 3 N–H and O–H groups in total. The van der Waals surface area contributed by atoms with Crippen molar-refractivity contribution >= 4 is 17.6 Å². The minimum Gasteiger partial charge on any atom is -0.484 e. The third-order valence-corrected chi connectivity index (χ3v) is 3.57. The first-order valence-electron chi connectivity index (χ1n) is 7.91. The van der Waals surface area contributed by atoms with Gasteiger partial charge in [0.25, 0.3) is 5.91 Å². The van der Waals surface area contributed by atoms with Crippen LogP contribution in [0.2, 0.25) is 0 Å². The fraction of sp³-hybridized carbons (Fsp3) is 0.211. The Balaban J connectivity index is 1.81. The van der Waals surface area contributed by atoms with E-state index in [1.807, 2.05) is 0 Å². The third kappa shape index (κ3) is 5.46. The van der Waals surface area contributed by atoms with Crippen LogP contribution < -0.4 is 15.8 Å². The molecule has 0 aliphatic rings. The molecule has 0 aliphatic heterocycles. The van der Waals surface area contributed by atoms with Gasteiger partial charge in [-0.2, -0.15) is 0 Å². The molecule has 0 saturated carbocycles. The molecule has 0 unspecified atom stereocenters. The number of amides is 2. The van der Waals surface area contributed by atoms with Crippen molar-refractivity contribution in [2.75, 3.05) is 6.61 Å². The summed E-state index contributed by atoms with van der Waals surface area (Å²) in [6, 6.07) is 13.4. The van der Waals surface area contributed by atoms with Gasteiger partial charge in [0.1, 0.15) is 5.75 Å². The lowest BCUT2D eigenvalue weighted by Crippen LogP contribution is -2.28. The zero-order chi connectivity index (χ0) is 18.2. The number of benzene rings is 2. The lowest BCUT2D eigenvalue weighted by Gasteiger charge is -2.08. The highest BCUT2D eigenvalue weighted by Crippen LogP contribution is 2.13. The van der Waals surface area contributed by atoms with Crippen LogP contribution in [0.15, 0.2) is 48.5 Å². The molecule has 6 nitrogen and oxygen atoms in total. The van der Waals surface area contributed by atoms with Crippen molar-refractivity contribution in [2.24, 2.45) is 5.73 Å². The quantitative estimate of drug-likeness (QED) is 0.719. The summed E-state index contributed by atoms with van der Waals surface area (Å²) in [5, 5.41) is 2.70. The molecule has 25 heavy (non-hydrogen) atoms. The Bertz CT molecular complexity index is 769. The molecule has 2 aromatic carbocycles. The molecule has 2 rings (SSSR count). The zero-order valence-corrected chi connectivity index (χ0v) is 14.0. The highest BCUT2D eigenvalue weighted by atomic mass is 16.5. The number of hydrogen-bond donors (Lipinski definition) is 2. The van der Waals surface area contributed by atoms with Gasteiger partial charge in [-0.1, -0.05) is 19.1 Å². The molecular weight excluding hydrogens is 320 g/mol. The van der Waals surface area contributed by atoms with Gasteiger partial charge in [-0.25, -0.2) is 0 Å². The molecule has 0 atom stereocenters. The zero-order valence-electron chi connectivity index (χ0n) is 14.0. The molecule has 0 bridgehead atoms. The van der Waals surface area contributed by atoms with Crippen molar-refractivity contribution in [1.29, 1.82) is 0 Å². The molecule has 0 aliphatic carbocycles. The van der Waals surface area contributed by atoms with Crippen molar-refractivity contribution in [1.82, 2.24) is 5.32 Å². The van der Waals surface area contributed by atoms with E-state index < -0.39 is 5.91 Å². The summed E-state index contributed by atoms with van der Waals surface area (Å²) in [6.07, 6.45) is 0.444. The standard InChI is InChI=1S/C19H20N2O4/c1-2-17(22)14-6-8-16(9-7-14)25-12-18(23)21-11-13-4-3-5-15(10-13)19(20)24/h3-10H,2,11-12H2,1H3,(H2,20,24)(H,21,23). The van der Waals surface area contributed by atoms with Gasteiger partial charge in [-0.3, -0.25) is 14.4 Å². The van der Waals surface area contributed by atoms with Crippen LogP contribution >= 0.6 is 0 Å². The Kier molecular flexibility index (Phi) is 6.28. The Morgan fingerprint density at radius 2 is 1.76 bits per heavy atom. The second-order valence-electron chi connectivity index (χ2n) is 5.43. The Morgan fingerprint density at radius 3 is 2.40 bits per heavy atom. The van der Waals surface area contributed by atoms with E-state index in [9.17, 15) is 14.4 Å².